The second-order valence-corrected chi connectivity index (χ2v) is 5.85. The normalized spacial score (nSPS) is 10.9. The SMILES string of the molecule is Fc1ccc2nc(Cl)c(Cc3ccc(Br)cc3)cc2c1. The molecule has 1 aromatic heterocycles. The van der Waals surface area contributed by atoms with E-state index in [1.165, 1.54) is 12.1 Å². The molecule has 100 valence electrons. The molecule has 3 rings (SSSR count). The highest BCUT2D eigenvalue weighted by molar-refractivity contribution is 9.10. The summed E-state index contributed by atoms with van der Waals surface area (Å²) in [5.74, 6) is -0.267. The zero-order valence-corrected chi connectivity index (χ0v) is 12.7. The highest BCUT2D eigenvalue weighted by Gasteiger charge is 2.07. The Morgan fingerprint density at radius 3 is 2.55 bits per heavy atom. The summed E-state index contributed by atoms with van der Waals surface area (Å²) in [7, 11) is 0. The van der Waals surface area contributed by atoms with E-state index in [4.69, 9.17) is 11.6 Å². The van der Waals surface area contributed by atoms with Gasteiger partial charge < -0.3 is 0 Å². The van der Waals surface area contributed by atoms with Crippen LogP contribution in [-0.2, 0) is 6.42 Å². The van der Waals surface area contributed by atoms with E-state index < -0.39 is 0 Å². The van der Waals surface area contributed by atoms with Crippen molar-refractivity contribution < 1.29 is 4.39 Å². The molecule has 0 radical (unpaired) electrons. The Morgan fingerprint density at radius 2 is 1.80 bits per heavy atom. The summed E-state index contributed by atoms with van der Waals surface area (Å²) in [6.07, 6.45) is 0.672. The van der Waals surface area contributed by atoms with Crippen molar-refractivity contribution in [1.29, 1.82) is 0 Å². The van der Waals surface area contributed by atoms with Gasteiger partial charge in [0.2, 0.25) is 0 Å². The summed E-state index contributed by atoms with van der Waals surface area (Å²) in [6, 6.07) is 14.4. The van der Waals surface area contributed by atoms with E-state index in [1.807, 2.05) is 30.3 Å². The maximum absolute atomic E-state index is 13.3. The summed E-state index contributed by atoms with van der Waals surface area (Å²) in [4.78, 5) is 4.32. The van der Waals surface area contributed by atoms with E-state index in [0.717, 1.165) is 21.0 Å². The van der Waals surface area contributed by atoms with E-state index in [2.05, 4.69) is 20.9 Å². The molecule has 0 saturated heterocycles. The minimum Gasteiger partial charge on any atom is -0.236 e. The van der Waals surface area contributed by atoms with Crippen molar-refractivity contribution in [3.8, 4) is 0 Å². The molecule has 0 atom stereocenters. The van der Waals surface area contributed by atoms with Gasteiger partial charge in [-0.25, -0.2) is 9.37 Å². The van der Waals surface area contributed by atoms with E-state index in [-0.39, 0.29) is 5.82 Å². The number of aromatic nitrogens is 1. The van der Waals surface area contributed by atoms with Gasteiger partial charge in [0.05, 0.1) is 5.52 Å². The molecule has 0 unspecified atom stereocenters. The minimum absolute atomic E-state index is 0.267. The summed E-state index contributed by atoms with van der Waals surface area (Å²) < 4.78 is 14.3. The number of nitrogens with zero attached hydrogens (tertiary/aromatic N) is 1. The first kappa shape index (κ1) is 13.5. The van der Waals surface area contributed by atoms with Crippen molar-refractivity contribution in [3.05, 3.63) is 75.1 Å². The number of pyridine rings is 1. The van der Waals surface area contributed by atoms with E-state index in [1.54, 1.807) is 6.07 Å². The molecule has 0 bridgehead atoms. The van der Waals surface area contributed by atoms with Crippen molar-refractivity contribution in [2.24, 2.45) is 0 Å². The Balaban J connectivity index is 2.02. The summed E-state index contributed by atoms with van der Waals surface area (Å²) in [6.45, 7) is 0. The highest BCUT2D eigenvalue weighted by atomic mass is 79.9. The molecule has 4 heteroatoms. The van der Waals surface area contributed by atoms with Gasteiger partial charge in [0.1, 0.15) is 11.0 Å². The Morgan fingerprint density at radius 1 is 1.05 bits per heavy atom. The smallest absolute Gasteiger partial charge is 0.133 e. The topological polar surface area (TPSA) is 12.9 Å². The predicted octanol–water partition coefficient (Wildman–Crippen LogP) is 5.38. The number of hydrogen-bond acceptors (Lipinski definition) is 1. The first-order chi connectivity index (χ1) is 9.61. The van der Waals surface area contributed by atoms with Crippen LogP contribution in [0.15, 0.2) is 53.0 Å². The fraction of sp³-hybridized carbons (Fsp3) is 0.0625. The van der Waals surface area contributed by atoms with Gasteiger partial charge in [-0.05, 0) is 47.5 Å². The zero-order valence-electron chi connectivity index (χ0n) is 10.4. The first-order valence-electron chi connectivity index (χ1n) is 6.11. The molecule has 2 aromatic carbocycles. The maximum atomic E-state index is 13.3. The van der Waals surface area contributed by atoms with Crippen LogP contribution in [0.2, 0.25) is 5.15 Å². The number of halogens is 3. The van der Waals surface area contributed by atoms with Gasteiger partial charge in [0.15, 0.2) is 0 Å². The van der Waals surface area contributed by atoms with E-state index in [0.29, 0.717) is 17.1 Å². The predicted molar refractivity (Wildman–Crippen MR) is 83.7 cm³/mol. The lowest BCUT2D eigenvalue weighted by Gasteiger charge is -2.07. The third-order valence-electron chi connectivity index (χ3n) is 3.11. The third-order valence-corrected chi connectivity index (χ3v) is 3.97. The largest absolute Gasteiger partial charge is 0.236 e. The lowest BCUT2D eigenvalue weighted by Crippen LogP contribution is -1.93. The molecule has 0 aliphatic carbocycles. The van der Waals surface area contributed by atoms with Crippen LogP contribution in [0.1, 0.15) is 11.1 Å². The van der Waals surface area contributed by atoms with Crippen LogP contribution in [0.3, 0.4) is 0 Å². The fourth-order valence-corrected chi connectivity index (χ4v) is 2.59. The van der Waals surface area contributed by atoms with Crippen molar-refractivity contribution in [1.82, 2.24) is 4.98 Å². The van der Waals surface area contributed by atoms with Gasteiger partial charge in [0.25, 0.3) is 0 Å². The van der Waals surface area contributed by atoms with Gasteiger partial charge in [-0.1, -0.05) is 39.7 Å². The molecular formula is C16H10BrClFN. The molecule has 0 amide bonds. The van der Waals surface area contributed by atoms with Crippen LogP contribution in [-0.4, -0.2) is 4.98 Å². The molecule has 1 nitrogen and oxygen atoms in total. The Labute approximate surface area is 129 Å². The first-order valence-corrected chi connectivity index (χ1v) is 7.28. The number of benzene rings is 2. The molecule has 0 spiro atoms. The molecule has 0 aliphatic rings. The molecule has 1 heterocycles. The Bertz CT molecular complexity index is 771. The van der Waals surface area contributed by atoms with Crippen LogP contribution in [0.25, 0.3) is 10.9 Å². The monoisotopic (exact) mass is 349 g/mol. The van der Waals surface area contributed by atoms with Gasteiger partial charge in [-0.3, -0.25) is 0 Å². The highest BCUT2D eigenvalue weighted by Crippen LogP contribution is 2.24. The molecule has 0 saturated carbocycles. The van der Waals surface area contributed by atoms with Crippen LogP contribution in [0.4, 0.5) is 4.39 Å². The van der Waals surface area contributed by atoms with Crippen LogP contribution >= 0.6 is 27.5 Å². The molecular weight excluding hydrogens is 341 g/mol. The van der Waals surface area contributed by atoms with Crippen LogP contribution in [0.5, 0.6) is 0 Å². The second-order valence-electron chi connectivity index (χ2n) is 4.58. The van der Waals surface area contributed by atoms with E-state index >= 15 is 0 Å². The van der Waals surface area contributed by atoms with Gasteiger partial charge in [0, 0.05) is 16.3 Å². The molecule has 20 heavy (non-hydrogen) atoms. The maximum Gasteiger partial charge on any atom is 0.133 e. The lowest BCUT2D eigenvalue weighted by molar-refractivity contribution is 0.629. The fourth-order valence-electron chi connectivity index (χ4n) is 2.11. The number of rotatable bonds is 2. The molecule has 3 aromatic rings. The van der Waals surface area contributed by atoms with Crippen LogP contribution < -0.4 is 0 Å². The third kappa shape index (κ3) is 2.84. The minimum atomic E-state index is -0.267. The van der Waals surface area contributed by atoms with Crippen LogP contribution in [0, 0.1) is 5.82 Å². The summed E-state index contributed by atoms with van der Waals surface area (Å²) in [5.41, 5.74) is 2.73. The summed E-state index contributed by atoms with van der Waals surface area (Å²) in [5, 5.41) is 1.23. The molecule has 0 N–H and O–H groups in total. The van der Waals surface area contributed by atoms with Gasteiger partial charge in [-0.2, -0.15) is 0 Å². The van der Waals surface area contributed by atoms with Gasteiger partial charge in [-0.15, -0.1) is 0 Å². The van der Waals surface area contributed by atoms with Crippen molar-refractivity contribution in [3.63, 3.8) is 0 Å². The quantitative estimate of drug-likeness (QED) is 0.565. The second kappa shape index (κ2) is 5.51. The standard InChI is InChI=1S/C16H10BrClFN/c17-13-3-1-10(2-4-13)7-12-8-11-9-14(19)5-6-15(11)20-16(12)18/h1-6,8-9H,7H2. The number of fused-ring (bicyclic) bond motifs is 1. The molecule has 0 fully saturated rings. The summed E-state index contributed by atoms with van der Waals surface area (Å²) >= 11 is 9.62. The van der Waals surface area contributed by atoms with Crippen molar-refractivity contribution in [2.45, 2.75) is 6.42 Å². The van der Waals surface area contributed by atoms with E-state index in [9.17, 15) is 4.39 Å². The zero-order chi connectivity index (χ0) is 14.1. The lowest BCUT2D eigenvalue weighted by atomic mass is 10.0. The van der Waals surface area contributed by atoms with Crippen molar-refractivity contribution in [2.75, 3.05) is 0 Å². The average molecular weight is 351 g/mol. The average Bonchev–Trinajstić information content (AvgIpc) is 2.42. The number of hydrogen-bond donors (Lipinski definition) is 0. The molecule has 0 aliphatic heterocycles. The Kier molecular flexibility index (Phi) is 3.72. The van der Waals surface area contributed by atoms with Gasteiger partial charge >= 0.3 is 0 Å². The Hall–Kier alpha value is -1.45. The van der Waals surface area contributed by atoms with Crippen molar-refractivity contribution >= 4 is 38.4 Å².